The summed E-state index contributed by atoms with van der Waals surface area (Å²) in [6, 6.07) is 10.6. The lowest BCUT2D eigenvalue weighted by Gasteiger charge is -2.39. The fourth-order valence-electron chi connectivity index (χ4n) is 3.05. The minimum Gasteiger partial charge on any atom is -0.387 e. The van der Waals surface area contributed by atoms with E-state index in [2.05, 4.69) is 46.6 Å². The zero-order valence-corrected chi connectivity index (χ0v) is 13.9. The average molecular weight is 277 g/mol. The molecule has 0 radical (unpaired) electrons. The van der Waals surface area contributed by atoms with Crippen LogP contribution in [-0.2, 0) is 0 Å². The molecule has 0 saturated heterocycles. The molecule has 0 amide bonds. The highest BCUT2D eigenvalue weighted by Crippen LogP contribution is 2.28. The highest BCUT2D eigenvalue weighted by molar-refractivity contribution is 5.19. The van der Waals surface area contributed by atoms with Crippen LogP contribution in [-0.4, -0.2) is 29.1 Å². The van der Waals surface area contributed by atoms with Crippen molar-refractivity contribution >= 4 is 0 Å². The van der Waals surface area contributed by atoms with Crippen LogP contribution in [0.25, 0.3) is 0 Å². The summed E-state index contributed by atoms with van der Waals surface area (Å²) in [7, 11) is 2.14. The van der Waals surface area contributed by atoms with Crippen molar-refractivity contribution < 1.29 is 5.11 Å². The number of aliphatic hydroxyl groups excluding tert-OH is 1. The summed E-state index contributed by atoms with van der Waals surface area (Å²) in [6.07, 6.45) is 0.720. The molecule has 1 aromatic rings. The van der Waals surface area contributed by atoms with Gasteiger partial charge in [0.05, 0.1) is 6.10 Å². The highest BCUT2D eigenvalue weighted by Gasteiger charge is 2.30. The van der Waals surface area contributed by atoms with E-state index in [4.69, 9.17) is 0 Å². The van der Waals surface area contributed by atoms with Crippen LogP contribution in [0.3, 0.4) is 0 Å². The van der Waals surface area contributed by atoms with E-state index < -0.39 is 6.10 Å². The van der Waals surface area contributed by atoms with Gasteiger partial charge < -0.3 is 5.11 Å². The first-order valence-electron chi connectivity index (χ1n) is 7.79. The second-order valence-electron chi connectivity index (χ2n) is 6.73. The molecule has 114 valence electrons. The Balaban J connectivity index is 2.88. The van der Waals surface area contributed by atoms with Crippen LogP contribution in [0.2, 0.25) is 0 Å². The van der Waals surface area contributed by atoms with E-state index in [9.17, 15) is 5.11 Å². The van der Waals surface area contributed by atoms with Crippen LogP contribution in [0.15, 0.2) is 30.3 Å². The molecule has 0 aliphatic rings. The van der Waals surface area contributed by atoms with Crippen molar-refractivity contribution in [1.29, 1.82) is 0 Å². The summed E-state index contributed by atoms with van der Waals surface area (Å²) in [5.41, 5.74) is 1.01. The van der Waals surface area contributed by atoms with Gasteiger partial charge in [-0.25, -0.2) is 0 Å². The lowest BCUT2D eigenvalue weighted by molar-refractivity contribution is 0.0137. The molecule has 3 atom stereocenters. The summed E-state index contributed by atoms with van der Waals surface area (Å²) in [5, 5.41) is 10.8. The largest absolute Gasteiger partial charge is 0.387 e. The van der Waals surface area contributed by atoms with Gasteiger partial charge in [-0.05, 0) is 37.8 Å². The third-order valence-electron chi connectivity index (χ3n) is 4.13. The Kier molecular flexibility index (Phi) is 6.70. The smallest absolute Gasteiger partial charge is 0.0947 e. The molecule has 0 fully saturated rings. The maximum Gasteiger partial charge on any atom is 0.0947 e. The third-order valence-corrected chi connectivity index (χ3v) is 4.13. The summed E-state index contributed by atoms with van der Waals surface area (Å²) >= 11 is 0. The SMILES string of the molecule is CC(C)CC(C)N(C)C(C(C)C)C(O)c1ccccc1. The molecule has 0 aliphatic carbocycles. The molecule has 1 rings (SSSR count). The van der Waals surface area contributed by atoms with E-state index in [1.807, 2.05) is 30.3 Å². The molecule has 3 unspecified atom stereocenters. The van der Waals surface area contributed by atoms with E-state index in [0.717, 1.165) is 12.0 Å². The van der Waals surface area contributed by atoms with E-state index >= 15 is 0 Å². The molecule has 1 N–H and O–H groups in total. The molecule has 0 heterocycles. The van der Waals surface area contributed by atoms with Gasteiger partial charge in [0.2, 0.25) is 0 Å². The minimum absolute atomic E-state index is 0.145. The fourth-order valence-corrected chi connectivity index (χ4v) is 3.05. The van der Waals surface area contributed by atoms with Crippen LogP contribution in [0.1, 0.15) is 52.7 Å². The van der Waals surface area contributed by atoms with Gasteiger partial charge in [-0.1, -0.05) is 58.0 Å². The Bertz CT molecular complexity index is 374. The van der Waals surface area contributed by atoms with Gasteiger partial charge in [0.15, 0.2) is 0 Å². The molecule has 1 aromatic carbocycles. The van der Waals surface area contributed by atoms with E-state index in [0.29, 0.717) is 17.9 Å². The molecule has 0 saturated carbocycles. The first-order valence-corrected chi connectivity index (χ1v) is 7.79. The summed E-state index contributed by atoms with van der Waals surface area (Å²) in [5.74, 6) is 1.08. The number of nitrogens with zero attached hydrogens (tertiary/aromatic N) is 1. The number of hydrogen-bond donors (Lipinski definition) is 1. The second-order valence-corrected chi connectivity index (χ2v) is 6.73. The Labute approximate surface area is 124 Å². The van der Waals surface area contributed by atoms with Crippen molar-refractivity contribution in [3.05, 3.63) is 35.9 Å². The van der Waals surface area contributed by atoms with E-state index in [1.54, 1.807) is 0 Å². The summed E-state index contributed by atoms with van der Waals surface area (Å²) in [6.45, 7) is 11.1. The van der Waals surface area contributed by atoms with Crippen molar-refractivity contribution in [3.8, 4) is 0 Å². The van der Waals surface area contributed by atoms with Crippen LogP contribution in [0.5, 0.6) is 0 Å². The van der Waals surface area contributed by atoms with Crippen molar-refractivity contribution in [3.63, 3.8) is 0 Å². The molecule has 0 aliphatic heterocycles. The third kappa shape index (κ3) is 4.60. The Morgan fingerprint density at radius 1 is 1.00 bits per heavy atom. The predicted octanol–water partition coefficient (Wildman–Crippen LogP) is 4.11. The van der Waals surface area contributed by atoms with Gasteiger partial charge in [0, 0.05) is 12.1 Å². The Morgan fingerprint density at radius 3 is 2.00 bits per heavy atom. The normalized spacial score (nSPS) is 16.7. The highest BCUT2D eigenvalue weighted by atomic mass is 16.3. The molecule has 0 aromatic heterocycles. The average Bonchev–Trinajstić information content (AvgIpc) is 2.38. The Hall–Kier alpha value is -0.860. The molecular formula is C18H31NO. The lowest BCUT2D eigenvalue weighted by atomic mass is 9.90. The van der Waals surface area contributed by atoms with E-state index in [1.165, 1.54) is 0 Å². The number of hydrogen-bond acceptors (Lipinski definition) is 2. The number of aliphatic hydroxyl groups is 1. The van der Waals surface area contributed by atoms with Crippen LogP contribution < -0.4 is 0 Å². The van der Waals surface area contributed by atoms with E-state index in [-0.39, 0.29) is 6.04 Å². The monoisotopic (exact) mass is 277 g/mol. The predicted molar refractivity (Wildman–Crippen MR) is 86.7 cm³/mol. The zero-order valence-electron chi connectivity index (χ0n) is 13.9. The summed E-state index contributed by atoms with van der Waals surface area (Å²) in [4.78, 5) is 2.35. The zero-order chi connectivity index (χ0) is 15.3. The van der Waals surface area contributed by atoms with Gasteiger partial charge >= 0.3 is 0 Å². The topological polar surface area (TPSA) is 23.5 Å². The number of rotatable bonds is 7. The maximum atomic E-state index is 10.8. The molecule has 0 bridgehead atoms. The molecule has 0 spiro atoms. The molecule has 2 nitrogen and oxygen atoms in total. The number of likely N-dealkylation sites (N-methyl/N-ethyl adjacent to an activating group) is 1. The Morgan fingerprint density at radius 2 is 1.55 bits per heavy atom. The quantitative estimate of drug-likeness (QED) is 0.810. The first kappa shape index (κ1) is 17.2. The maximum absolute atomic E-state index is 10.8. The summed E-state index contributed by atoms with van der Waals surface area (Å²) < 4.78 is 0. The van der Waals surface area contributed by atoms with Crippen molar-refractivity contribution in [2.24, 2.45) is 11.8 Å². The molecule has 2 heteroatoms. The van der Waals surface area contributed by atoms with Crippen molar-refractivity contribution in [1.82, 2.24) is 4.90 Å². The van der Waals surface area contributed by atoms with Gasteiger partial charge in [0.1, 0.15) is 0 Å². The van der Waals surface area contributed by atoms with Gasteiger partial charge in [0.25, 0.3) is 0 Å². The van der Waals surface area contributed by atoms with Crippen LogP contribution in [0, 0.1) is 11.8 Å². The first-order chi connectivity index (χ1) is 9.34. The molecular weight excluding hydrogens is 246 g/mol. The van der Waals surface area contributed by atoms with Crippen molar-refractivity contribution in [2.45, 2.75) is 59.2 Å². The van der Waals surface area contributed by atoms with Gasteiger partial charge in [-0.15, -0.1) is 0 Å². The molecule has 20 heavy (non-hydrogen) atoms. The second kappa shape index (κ2) is 7.80. The van der Waals surface area contributed by atoms with Crippen LogP contribution in [0.4, 0.5) is 0 Å². The van der Waals surface area contributed by atoms with Gasteiger partial charge in [-0.2, -0.15) is 0 Å². The van der Waals surface area contributed by atoms with Crippen molar-refractivity contribution in [2.75, 3.05) is 7.05 Å². The lowest BCUT2D eigenvalue weighted by Crippen LogP contribution is -2.45. The standard InChI is InChI=1S/C18H31NO/c1-13(2)12-15(5)19(6)17(14(3)4)18(20)16-10-8-7-9-11-16/h7-11,13-15,17-18,20H,12H2,1-6H3. The minimum atomic E-state index is -0.434. The van der Waals surface area contributed by atoms with Crippen LogP contribution >= 0.6 is 0 Å². The number of benzene rings is 1. The van der Waals surface area contributed by atoms with Gasteiger partial charge in [-0.3, -0.25) is 4.90 Å². The fraction of sp³-hybridized carbons (Fsp3) is 0.667.